The summed E-state index contributed by atoms with van der Waals surface area (Å²) in [5.74, 6) is -1.43. The predicted molar refractivity (Wildman–Crippen MR) is 53.6 cm³/mol. The second-order valence-electron chi connectivity index (χ2n) is 3.34. The van der Waals surface area contributed by atoms with Crippen molar-refractivity contribution < 1.29 is 14.3 Å². The minimum atomic E-state index is -1.02. The van der Waals surface area contributed by atoms with Gasteiger partial charge in [-0.15, -0.1) is 0 Å². The van der Waals surface area contributed by atoms with E-state index in [4.69, 9.17) is 16.6 Å². The summed E-state index contributed by atoms with van der Waals surface area (Å²) >= 11 is 0. The number of carboxylic acid groups (broad SMARTS) is 1. The van der Waals surface area contributed by atoms with Crippen LogP contribution in [-0.4, -0.2) is 17.1 Å². The molecule has 0 heterocycles. The fourth-order valence-corrected chi connectivity index (χ4v) is 1.29. The molecule has 5 N–H and O–H groups in total. The average molecular weight is 212 g/mol. The normalized spacial score (nSPS) is 14.6. The predicted octanol–water partition coefficient (Wildman–Crippen LogP) is 0.627. The van der Waals surface area contributed by atoms with Gasteiger partial charge in [0, 0.05) is 12.1 Å². The topological polar surface area (TPSA) is 89.3 Å². The molecule has 1 rings (SSSR count). The van der Waals surface area contributed by atoms with Gasteiger partial charge < -0.3 is 16.6 Å². The van der Waals surface area contributed by atoms with Crippen LogP contribution in [0.2, 0.25) is 0 Å². The molecule has 0 amide bonds. The van der Waals surface area contributed by atoms with Crippen molar-refractivity contribution >= 4 is 5.97 Å². The Balaban J connectivity index is 2.75. The molecule has 0 spiro atoms. The summed E-state index contributed by atoms with van der Waals surface area (Å²) in [4.78, 5) is 10.4. The van der Waals surface area contributed by atoms with Crippen molar-refractivity contribution in [3.63, 3.8) is 0 Å². The van der Waals surface area contributed by atoms with Crippen molar-refractivity contribution in [1.82, 2.24) is 0 Å². The van der Waals surface area contributed by atoms with E-state index >= 15 is 0 Å². The number of hydrogen-bond acceptors (Lipinski definition) is 3. The zero-order chi connectivity index (χ0) is 11.4. The van der Waals surface area contributed by atoms with Crippen LogP contribution in [0.4, 0.5) is 4.39 Å². The van der Waals surface area contributed by atoms with E-state index in [1.54, 1.807) is 6.07 Å². The van der Waals surface area contributed by atoms with Gasteiger partial charge in [0.25, 0.3) is 0 Å². The second-order valence-corrected chi connectivity index (χ2v) is 3.34. The Morgan fingerprint density at radius 3 is 2.67 bits per heavy atom. The van der Waals surface area contributed by atoms with Crippen LogP contribution in [0.3, 0.4) is 0 Å². The van der Waals surface area contributed by atoms with Gasteiger partial charge in [0.2, 0.25) is 0 Å². The van der Waals surface area contributed by atoms with Gasteiger partial charge in [0.15, 0.2) is 0 Å². The highest BCUT2D eigenvalue weighted by Crippen LogP contribution is 2.15. The molecule has 0 saturated heterocycles. The van der Waals surface area contributed by atoms with Crippen LogP contribution in [0.5, 0.6) is 0 Å². The highest BCUT2D eigenvalue weighted by molar-refractivity contribution is 5.67. The maximum atomic E-state index is 12.8. The molecule has 0 radical (unpaired) electrons. The Kier molecular flexibility index (Phi) is 3.76. The summed E-state index contributed by atoms with van der Waals surface area (Å²) in [6.07, 6.45) is -0.238. The summed E-state index contributed by atoms with van der Waals surface area (Å²) in [5.41, 5.74) is 11.8. The quantitative estimate of drug-likeness (QED) is 0.682. The number of aliphatic carboxylic acids is 1. The van der Waals surface area contributed by atoms with E-state index in [1.807, 2.05) is 0 Å². The van der Waals surface area contributed by atoms with Crippen LogP contribution in [0, 0.1) is 5.82 Å². The van der Waals surface area contributed by atoms with E-state index in [1.165, 1.54) is 18.2 Å². The summed E-state index contributed by atoms with van der Waals surface area (Å²) < 4.78 is 12.8. The van der Waals surface area contributed by atoms with Crippen molar-refractivity contribution in [2.75, 3.05) is 0 Å². The van der Waals surface area contributed by atoms with E-state index < -0.39 is 23.9 Å². The van der Waals surface area contributed by atoms with E-state index in [-0.39, 0.29) is 6.42 Å². The van der Waals surface area contributed by atoms with Crippen molar-refractivity contribution in [2.24, 2.45) is 11.5 Å². The van der Waals surface area contributed by atoms with Crippen LogP contribution in [0.25, 0.3) is 0 Å². The highest BCUT2D eigenvalue weighted by atomic mass is 19.1. The number of nitrogens with two attached hydrogens (primary N) is 2. The summed E-state index contributed by atoms with van der Waals surface area (Å²) in [5, 5.41) is 8.52. The summed E-state index contributed by atoms with van der Waals surface area (Å²) in [6.45, 7) is 0. The maximum Gasteiger partial charge on any atom is 0.304 e. The van der Waals surface area contributed by atoms with Crippen LogP contribution in [0.15, 0.2) is 24.3 Å². The highest BCUT2D eigenvalue weighted by Gasteiger charge is 2.18. The number of benzene rings is 1. The molecule has 1 aromatic rings. The lowest BCUT2D eigenvalue weighted by molar-refractivity contribution is -0.137. The third-order valence-electron chi connectivity index (χ3n) is 2.11. The average Bonchev–Trinajstić information content (AvgIpc) is 2.15. The number of carbonyl (C=O) groups is 1. The van der Waals surface area contributed by atoms with Crippen LogP contribution < -0.4 is 11.5 Å². The van der Waals surface area contributed by atoms with Gasteiger partial charge in [-0.1, -0.05) is 12.1 Å². The molecule has 0 aliphatic carbocycles. The second kappa shape index (κ2) is 4.86. The lowest BCUT2D eigenvalue weighted by Gasteiger charge is -2.18. The lowest BCUT2D eigenvalue weighted by Crippen LogP contribution is -2.36. The summed E-state index contributed by atoms with van der Waals surface area (Å²) in [6, 6.07) is 4.29. The van der Waals surface area contributed by atoms with E-state index in [9.17, 15) is 9.18 Å². The van der Waals surface area contributed by atoms with Crippen LogP contribution >= 0.6 is 0 Å². The molecule has 0 fully saturated rings. The van der Waals surface area contributed by atoms with Crippen molar-refractivity contribution in [3.05, 3.63) is 35.6 Å². The third kappa shape index (κ3) is 3.30. The van der Waals surface area contributed by atoms with Gasteiger partial charge in [-0.2, -0.15) is 0 Å². The molecule has 15 heavy (non-hydrogen) atoms. The SMILES string of the molecule is NC(CC(=O)O)C(N)c1cccc(F)c1. The van der Waals surface area contributed by atoms with Gasteiger partial charge in [-0.25, -0.2) is 4.39 Å². The monoisotopic (exact) mass is 212 g/mol. The maximum absolute atomic E-state index is 12.8. The van der Waals surface area contributed by atoms with Crippen molar-refractivity contribution in [1.29, 1.82) is 0 Å². The Labute approximate surface area is 86.7 Å². The molecule has 1 aromatic carbocycles. The van der Waals surface area contributed by atoms with Crippen LogP contribution in [0.1, 0.15) is 18.0 Å². The van der Waals surface area contributed by atoms with Gasteiger partial charge >= 0.3 is 5.97 Å². The lowest BCUT2D eigenvalue weighted by atomic mass is 9.98. The first kappa shape index (κ1) is 11.6. The number of rotatable bonds is 4. The first-order chi connectivity index (χ1) is 7.00. The molecule has 2 atom stereocenters. The van der Waals surface area contributed by atoms with Gasteiger partial charge in [0.05, 0.1) is 6.42 Å². The largest absolute Gasteiger partial charge is 0.481 e. The molecule has 4 nitrogen and oxygen atoms in total. The zero-order valence-electron chi connectivity index (χ0n) is 8.06. The minimum Gasteiger partial charge on any atom is -0.481 e. The van der Waals surface area contributed by atoms with Gasteiger partial charge in [0.1, 0.15) is 5.82 Å². The zero-order valence-corrected chi connectivity index (χ0v) is 8.06. The molecule has 82 valence electrons. The molecular formula is C10H13FN2O2. The molecule has 0 aromatic heterocycles. The van der Waals surface area contributed by atoms with Gasteiger partial charge in [-0.05, 0) is 17.7 Å². The fraction of sp³-hybridized carbons (Fsp3) is 0.300. The first-order valence-corrected chi connectivity index (χ1v) is 4.49. The number of carboxylic acids is 1. The minimum absolute atomic E-state index is 0.238. The van der Waals surface area contributed by atoms with Crippen LogP contribution in [-0.2, 0) is 4.79 Å². The standard InChI is InChI=1S/C10H13FN2O2/c11-7-3-1-2-6(4-7)10(13)8(12)5-9(14)15/h1-4,8,10H,5,12-13H2,(H,14,15). The molecule has 2 unspecified atom stereocenters. The van der Waals surface area contributed by atoms with Gasteiger partial charge in [-0.3, -0.25) is 4.79 Å². The number of halogens is 1. The molecule has 0 aliphatic rings. The van der Waals surface area contributed by atoms with Crippen molar-refractivity contribution in [2.45, 2.75) is 18.5 Å². The number of hydrogen-bond donors (Lipinski definition) is 3. The first-order valence-electron chi connectivity index (χ1n) is 4.49. The fourth-order valence-electron chi connectivity index (χ4n) is 1.29. The van der Waals surface area contributed by atoms with Crippen molar-refractivity contribution in [3.8, 4) is 0 Å². The Morgan fingerprint density at radius 2 is 2.13 bits per heavy atom. The van der Waals surface area contributed by atoms with E-state index in [2.05, 4.69) is 0 Å². The third-order valence-corrected chi connectivity index (χ3v) is 2.11. The Bertz CT molecular complexity index is 357. The molecule has 0 aliphatic heterocycles. The van der Waals surface area contributed by atoms with E-state index in [0.29, 0.717) is 5.56 Å². The Morgan fingerprint density at radius 1 is 1.47 bits per heavy atom. The summed E-state index contributed by atoms with van der Waals surface area (Å²) in [7, 11) is 0. The molecule has 5 heteroatoms. The molecular weight excluding hydrogens is 199 g/mol. The van der Waals surface area contributed by atoms with E-state index in [0.717, 1.165) is 0 Å². The smallest absolute Gasteiger partial charge is 0.304 e. The molecule has 0 bridgehead atoms. The molecule has 0 saturated carbocycles. The Hall–Kier alpha value is -1.46.